The van der Waals surface area contributed by atoms with Crippen molar-refractivity contribution in [2.75, 3.05) is 25.9 Å². The lowest BCUT2D eigenvalue weighted by atomic mass is 10.1. The molecule has 1 aromatic carbocycles. The van der Waals surface area contributed by atoms with Gasteiger partial charge in [-0.25, -0.2) is 4.79 Å². The van der Waals surface area contributed by atoms with Gasteiger partial charge in [-0.1, -0.05) is 30.3 Å². The molecule has 0 saturated carbocycles. The Hall–Kier alpha value is -1.36. The van der Waals surface area contributed by atoms with Crippen LogP contribution in [0.1, 0.15) is 40.2 Å². The number of guanidine groups is 1. The van der Waals surface area contributed by atoms with E-state index in [9.17, 15) is 9.00 Å². The molecule has 0 aromatic heterocycles. The van der Waals surface area contributed by atoms with Crippen LogP contribution in [0.4, 0.5) is 4.79 Å². The summed E-state index contributed by atoms with van der Waals surface area (Å²) in [4.78, 5) is 16.1. The molecule has 29 heavy (non-hydrogen) atoms. The molecule has 1 atom stereocenters. The highest BCUT2D eigenvalue weighted by molar-refractivity contribution is 14.0. The molecule has 0 fully saturated rings. The second kappa shape index (κ2) is 13.0. The third kappa shape index (κ3) is 13.5. The standard InChI is InChI=1S/C20H34N4O3S.HI/c1-19(2,3)27-18(25)24-20(4,5)15-23-17(21-6)22-12-13-28(26)14-16-10-8-7-9-11-16;/h7-11H,12-15H2,1-6H3,(H,24,25)(H2,21,22,23);1H. The van der Waals surface area contributed by atoms with Gasteiger partial charge < -0.3 is 20.7 Å². The summed E-state index contributed by atoms with van der Waals surface area (Å²) in [6, 6.07) is 9.80. The van der Waals surface area contributed by atoms with Gasteiger partial charge in [0.25, 0.3) is 0 Å². The summed E-state index contributed by atoms with van der Waals surface area (Å²) in [5, 5.41) is 9.16. The van der Waals surface area contributed by atoms with Gasteiger partial charge in [-0.15, -0.1) is 24.0 Å². The summed E-state index contributed by atoms with van der Waals surface area (Å²) < 4.78 is 17.5. The Labute approximate surface area is 194 Å². The molecule has 0 spiro atoms. The summed E-state index contributed by atoms with van der Waals surface area (Å²) in [6.07, 6.45) is -0.460. The van der Waals surface area contributed by atoms with Crippen molar-refractivity contribution in [3.8, 4) is 0 Å². The third-order valence-electron chi connectivity index (χ3n) is 3.55. The van der Waals surface area contributed by atoms with Crippen molar-refractivity contribution in [2.45, 2.75) is 51.5 Å². The maximum atomic E-state index is 12.2. The van der Waals surface area contributed by atoms with Crippen LogP contribution in [0.3, 0.4) is 0 Å². The lowest BCUT2D eigenvalue weighted by molar-refractivity contribution is 0.0474. The van der Waals surface area contributed by atoms with E-state index in [0.29, 0.717) is 30.6 Å². The quantitative estimate of drug-likeness (QED) is 0.269. The lowest BCUT2D eigenvalue weighted by Crippen LogP contribution is -2.54. The topological polar surface area (TPSA) is 91.8 Å². The highest BCUT2D eigenvalue weighted by Gasteiger charge is 2.24. The summed E-state index contributed by atoms with van der Waals surface area (Å²) in [5.41, 5.74) is -0.00488. The summed E-state index contributed by atoms with van der Waals surface area (Å²) in [7, 11) is 0.724. The number of carbonyl (C=O) groups is 1. The molecule has 3 N–H and O–H groups in total. The zero-order valence-corrected chi connectivity index (χ0v) is 21.4. The molecule has 1 aromatic rings. The van der Waals surface area contributed by atoms with E-state index in [2.05, 4.69) is 20.9 Å². The van der Waals surface area contributed by atoms with E-state index in [0.717, 1.165) is 5.56 Å². The van der Waals surface area contributed by atoms with Crippen molar-refractivity contribution in [3.63, 3.8) is 0 Å². The number of hydrogen-bond donors (Lipinski definition) is 3. The van der Waals surface area contributed by atoms with Gasteiger partial charge in [0, 0.05) is 42.4 Å². The predicted molar refractivity (Wildman–Crippen MR) is 131 cm³/mol. The van der Waals surface area contributed by atoms with Crippen LogP contribution in [-0.4, -0.2) is 53.3 Å². The molecule has 0 aliphatic rings. The predicted octanol–water partition coefficient (Wildman–Crippen LogP) is 3.02. The maximum absolute atomic E-state index is 12.2. The molecule has 1 rings (SSSR count). The van der Waals surface area contributed by atoms with Crippen molar-refractivity contribution >= 4 is 46.8 Å². The van der Waals surface area contributed by atoms with Crippen molar-refractivity contribution in [3.05, 3.63) is 35.9 Å². The molecule has 0 aliphatic carbocycles. The maximum Gasteiger partial charge on any atom is 0.408 e. The van der Waals surface area contributed by atoms with Crippen LogP contribution >= 0.6 is 24.0 Å². The highest BCUT2D eigenvalue weighted by Crippen LogP contribution is 2.09. The first-order valence-electron chi connectivity index (χ1n) is 9.35. The van der Waals surface area contributed by atoms with Crippen LogP contribution in [0, 0.1) is 0 Å². The highest BCUT2D eigenvalue weighted by atomic mass is 127. The molecular weight excluding hydrogens is 503 g/mol. The first-order chi connectivity index (χ1) is 13.0. The number of carbonyl (C=O) groups excluding carboxylic acids is 1. The number of rotatable bonds is 8. The third-order valence-corrected chi connectivity index (χ3v) is 4.87. The summed E-state index contributed by atoms with van der Waals surface area (Å²) >= 11 is 0. The zero-order valence-electron chi connectivity index (χ0n) is 18.2. The molecule has 1 amide bonds. The largest absolute Gasteiger partial charge is 0.444 e. The van der Waals surface area contributed by atoms with E-state index >= 15 is 0 Å². The van der Waals surface area contributed by atoms with E-state index < -0.39 is 28.0 Å². The second-order valence-electron chi connectivity index (χ2n) is 8.14. The summed E-state index contributed by atoms with van der Waals surface area (Å²) in [5.74, 6) is 1.66. The molecular formula is C20H35IN4O3S. The van der Waals surface area contributed by atoms with Crippen molar-refractivity contribution in [1.82, 2.24) is 16.0 Å². The van der Waals surface area contributed by atoms with E-state index in [1.54, 1.807) is 7.05 Å². The van der Waals surface area contributed by atoms with E-state index in [-0.39, 0.29) is 24.0 Å². The average molecular weight is 538 g/mol. The second-order valence-corrected chi connectivity index (χ2v) is 9.71. The smallest absolute Gasteiger partial charge is 0.408 e. The fourth-order valence-electron chi connectivity index (χ4n) is 2.26. The number of amides is 1. The molecule has 1 unspecified atom stereocenters. The molecule has 0 radical (unpaired) electrons. The van der Waals surface area contributed by atoms with Crippen LogP contribution in [0.2, 0.25) is 0 Å². The van der Waals surface area contributed by atoms with Gasteiger partial charge in [0.05, 0.1) is 5.54 Å². The minimum absolute atomic E-state index is 0. The Morgan fingerprint density at radius 1 is 1.10 bits per heavy atom. The number of nitrogens with zero attached hydrogens (tertiary/aromatic N) is 1. The number of nitrogens with one attached hydrogen (secondary N) is 3. The zero-order chi connectivity index (χ0) is 21.2. The Morgan fingerprint density at radius 3 is 2.28 bits per heavy atom. The normalized spacial score (nSPS) is 13.1. The number of ether oxygens (including phenoxy) is 1. The first-order valence-corrected chi connectivity index (χ1v) is 10.8. The van der Waals surface area contributed by atoms with Gasteiger partial charge in [-0.3, -0.25) is 9.20 Å². The van der Waals surface area contributed by atoms with E-state index in [1.807, 2.05) is 65.0 Å². The molecule has 0 bridgehead atoms. The van der Waals surface area contributed by atoms with Gasteiger partial charge >= 0.3 is 6.09 Å². The number of alkyl carbamates (subject to hydrolysis) is 1. The van der Waals surface area contributed by atoms with Crippen molar-refractivity contribution < 1.29 is 13.7 Å². The Balaban J connectivity index is 0.00000784. The minimum Gasteiger partial charge on any atom is -0.444 e. The number of halogens is 1. The van der Waals surface area contributed by atoms with Gasteiger partial charge in [0.1, 0.15) is 5.60 Å². The van der Waals surface area contributed by atoms with E-state index in [1.165, 1.54) is 0 Å². The number of aliphatic imine (C=N–C) groups is 1. The Morgan fingerprint density at radius 2 is 1.72 bits per heavy atom. The van der Waals surface area contributed by atoms with Crippen LogP contribution < -0.4 is 16.0 Å². The van der Waals surface area contributed by atoms with Gasteiger partial charge in [0.15, 0.2) is 5.96 Å². The molecule has 0 saturated heterocycles. The summed E-state index contributed by atoms with van der Waals surface area (Å²) in [6.45, 7) is 10.3. The Bertz CT molecular complexity index is 676. The monoisotopic (exact) mass is 538 g/mol. The van der Waals surface area contributed by atoms with Gasteiger partial charge in [-0.2, -0.15) is 0 Å². The van der Waals surface area contributed by atoms with E-state index in [4.69, 9.17) is 4.74 Å². The SMILES string of the molecule is CN=C(NCCS(=O)Cc1ccccc1)NCC(C)(C)NC(=O)OC(C)(C)C.I. The fourth-order valence-corrected chi connectivity index (χ4v) is 3.30. The molecule has 7 nitrogen and oxygen atoms in total. The Kier molecular flexibility index (Phi) is 12.4. The van der Waals surface area contributed by atoms with Gasteiger partial charge in [-0.05, 0) is 40.2 Å². The minimum atomic E-state index is -0.947. The van der Waals surface area contributed by atoms with Crippen molar-refractivity contribution in [1.29, 1.82) is 0 Å². The van der Waals surface area contributed by atoms with Crippen molar-refractivity contribution in [2.24, 2.45) is 4.99 Å². The van der Waals surface area contributed by atoms with Crippen LogP contribution in [0.25, 0.3) is 0 Å². The molecule has 0 heterocycles. The molecule has 0 aliphatic heterocycles. The molecule has 9 heteroatoms. The average Bonchev–Trinajstić information content (AvgIpc) is 2.56. The van der Waals surface area contributed by atoms with Gasteiger partial charge in [0.2, 0.25) is 0 Å². The number of benzene rings is 1. The van der Waals surface area contributed by atoms with Crippen LogP contribution in [0.5, 0.6) is 0 Å². The first kappa shape index (κ1) is 27.6. The van der Waals surface area contributed by atoms with Crippen LogP contribution in [0.15, 0.2) is 35.3 Å². The number of hydrogen-bond acceptors (Lipinski definition) is 4. The molecule has 166 valence electrons. The fraction of sp³-hybridized carbons (Fsp3) is 0.600. The lowest BCUT2D eigenvalue weighted by Gasteiger charge is -2.29. The van der Waals surface area contributed by atoms with Crippen LogP contribution in [-0.2, 0) is 21.3 Å².